The smallest absolute Gasteiger partial charge is 0.367 e. The minimum Gasteiger partial charge on any atom is -0.367 e. The van der Waals surface area contributed by atoms with Crippen LogP contribution in [-0.4, -0.2) is 23.5 Å². The van der Waals surface area contributed by atoms with E-state index in [9.17, 15) is 22.8 Å². The largest absolute Gasteiger partial charge is 0.471 e. The highest BCUT2D eigenvalue weighted by atomic mass is 35.5. The zero-order chi connectivity index (χ0) is 9.94. The quantitative estimate of drug-likeness (QED) is 0.480. The van der Waals surface area contributed by atoms with E-state index in [1.54, 1.807) is 0 Å². The second-order valence-corrected chi connectivity index (χ2v) is 2.17. The summed E-state index contributed by atoms with van der Waals surface area (Å²) in [5, 5.41) is 1.15. The van der Waals surface area contributed by atoms with Crippen molar-refractivity contribution in [3.63, 3.8) is 0 Å². The molecule has 70 valence electrons. The summed E-state index contributed by atoms with van der Waals surface area (Å²) >= 11 is 4.91. The highest BCUT2D eigenvalue weighted by Gasteiger charge is 2.40. The predicted octanol–water partition coefficient (Wildman–Crippen LogP) is -0.285. The van der Waals surface area contributed by atoms with Crippen molar-refractivity contribution in [1.82, 2.24) is 5.32 Å². The van der Waals surface area contributed by atoms with E-state index in [-0.39, 0.29) is 0 Å². The van der Waals surface area contributed by atoms with E-state index in [1.807, 2.05) is 0 Å². The third-order valence-electron chi connectivity index (χ3n) is 0.765. The number of nitrogens with one attached hydrogen (secondary N) is 1. The molecule has 0 fully saturated rings. The Bertz CT molecular complexity index is 205. The normalized spacial score (nSPS) is 13.7. The maximum atomic E-state index is 11.5. The predicted molar refractivity (Wildman–Crippen MR) is 33.0 cm³/mol. The highest BCUT2D eigenvalue weighted by molar-refractivity contribution is 6.31. The Kier molecular flexibility index (Phi) is 3.32. The Morgan fingerprint density at radius 1 is 1.42 bits per heavy atom. The Morgan fingerprint density at radius 3 is 2.08 bits per heavy atom. The zero-order valence-corrected chi connectivity index (χ0v) is 6.24. The first-order valence-corrected chi connectivity index (χ1v) is 3.00. The van der Waals surface area contributed by atoms with Gasteiger partial charge in [0.2, 0.25) is 0 Å². The van der Waals surface area contributed by atoms with Crippen molar-refractivity contribution >= 4 is 23.4 Å². The summed E-state index contributed by atoms with van der Waals surface area (Å²) in [6, 6.07) is 0. The van der Waals surface area contributed by atoms with Gasteiger partial charge in [-0.1, -0.05) is 11.6 Å². The van der Waals surface area contributed by atoms with E-state index in [2.05, 4.69) is 5.73 Å². The van der Waals surface area contributed by atoms with E-state index in [0.29, 0.717) is 0 Å². The SMILES string of the molecule is NC(=O)C(Cl)NC(=O)C(F)(F)F. The Hall–Kier alpha value is -0.980. The van der Waals surface area contributed by atoms with Gasteiger partial charge in [-0.05, 0) is 0 Å². The monoisotopic (exact) mass is 204 g/mol. The first kappa shape index (κ1) is 11.0. The van der Waals surface area contributed by atoms with Crippen LogP contribution in [0.5, 0.6) is 0 Å². The third-order valence-corrected chi connectivity index (χ3v) is 1.09. The molecule has 0 saturated heterocycles. The summed E-state index contributed by atoms with van der Waals surface area (Å²) in [6.07, 6.45) is -5.07. The Morgan fingerprint density at radius 2 is 1.83 bits per heavy atom. The molecule has 12 heavy (non-hydrogen) atoms. The van der Waals surface area contributed by atoms with Crippen LogP contribution in [-0.2, 0) is 9.59 Å². The number of hydrogen-bond donors (Lipinski definition) is 2. The number of rotatable bonds is 2. The Labute approximate surface area is 69.8 Å². The Balaban J connectivity index is 4.11. The van der Waals surface area contributed by atoms with Crippen molar-refractivity contribution in [3.8, 4) is 0 Å². The maximum absolute atomic E-state index is 11.5. The van der Waals surface area contributed by atoms with Gasteiger partial charge in [0.1, 0.15) is 0 Å². The van der Waals surface area contributed by atoms with E-state index in [1.165, 1.54) is 0 Å². The summed E-state index contributed by atoms with van der Waals surface area (Å²) in [6.45, 7) is 0. The second-order valence-electron chi connectivity index (χ2n) is 1.74. The average molecular weight is 205 g/mol. The van der Waals surface area contributed by atoms with Gasteiger partial charge in [0, 0.05) is 0 Å². The van der Waals surface area contributed by atoms with E-state index in [0.717, 1.165) is 5.32 Å². The molecule has 0 heterocycles. The van der Waals surface area contributed by atoms with Crippen LogP contribution < -0.4 is 11.1 Å². The third kappa shape index (κ3) is 3.42. The fraction of sp³-hybridized carbons (Fsp3) is 0.500. The van der Waals surface area contributed by atoms with Gasteiger partial charge in [0.05, 0.1) is 0 Å². The molecular formula is C4H4ClF3N2O2. The van der Waals surface area contributed by atoms with Gasteiger partial charge < -0.3 is 11.1 Å². The molecule has 0 aliphatic rings. The lowest BCUT2D eigenvalue weighted by molar-refractivity contribution is -0.174. The molecule has 8 heteroatoms. The van der Waals surface area contributed by atoms with Gasteiger partial charge in [-0.2, -0.15) is 13.2 Å². The minimum atomic E-state index is -5.07. The molecule has 0 spiro atoms. The molecule has 0 aromatic rings. The second kappa shape index (κ2) is 3.61. The fourth-order valence-electron chi connectivity index (χ4n) is 0.268. The summed E-state index contributed by atoms with van der Waals surface area (Å²) in [4.78, 5) is 20.1. The first-order chi connectivity index (χ1) is 5.25. The van der Waals surface area contributed by atoms with Gasteiger partial charge in [0.15, 0.2) is 5.50 Å². The van der Waals surface area contributed by atoms with Gasteiger partial charge in [0.25, 0.3) is 5.91 Å². The molecular weight excluding hydrogens is 201 g/mol. The van der Waals surface area contributed by atoms with Crippen LogP contribution in [0.3, 0.4) is 0 Å². The molecule has 3 N–H and O–H groups in total. The molecule has 0 aromatic heterocycles. The molecule has 1 atom stereocenters. The molecule has 0 saturated carbocycles. The molecule has 0 aliphatic carbocycles. The lowest BCUT2D eigenvalue weighted by atomic mass is 10.5. The standard InChI is InChI=1S/C4H4ClF3N2O2/c5-1(2(9)11)10-3(12)4(6,7)8/h1H,(H2,9,11)(H,10,12). The van der Waals surface area contributed by atoms with Crippen molar-refractivity contribution in [1.29, 1.82) is 0 Å². The number of nitrogens with two attached hydrogens (primary N) is 1. The molecule has 0 aromatic carbocycles. The molecule has 0 aliphatic heterocycles. The van der Waals surface area contributed by atoms with Gasteiger partial charge >= 0.3 is 12.1 Å². The molecule has 0 rings (SSSR count). The van der Waals surface area contributed by atoms with Crippen molar-refractivity contribution in [2.75, 3.05) is 0 Å². The number of primary amides is 1. The van der Waals surface area contributed by atoms with Crippen molar-refractivity contribution in [2.45, 2.75) is 11.7 Å². The lowest BCUT2D eigenvalue weighted by Gasteiger charge is -2.09. The van der Waals surface area contributed by atoms with Crippen LogP contribution in [0.2, 0.25) is 0 Å². The first-order valence-electron chi connectivity index (χ1n) is 2.56. The van der Waals surface area contributed by atoms with Gasteiger partial charge in [-0.15, -0.1) is 0 Å². The van der Waals surface area contributed by atoms with Crippen LogP contribution in [0.25, 0.3) is 0 Å². The summed E-state index contributed by atoms with van der Waals surface area (Å²) in [5.74, 6) is -3.56. The van der Waals surface area contributed by atoms with E-state index in [4.69, 9.17) is 11.6 Å². The molecule has 0 bridgehead atoms. The summed E-state index contributed by atoms with van der Waals surface area (Å²) < 4.78 is 34.4. The van der Waals surface area contributed by atoms with Crippen molar-refractivity contribution in [2.24, 2.45) is 5.73 Å². The molecule has 1 unspecified atom stereocenters. The molecule has 4 nitrogen and oxygen atoms in total. The van der Waals surface area contributed by atoms with Gasteiger partial charge in [-0.3, -0.25) is 9.59 Å². The summed E-state index contributed by atoms with van der Waals surface area (Å²) in [7, 11) is 0. The maximum Gasteiger partial charge on any atom is 0.471 e. The lowest BCUT2D eigenvalue weighted by Crippen LogP contribution is -2.46. The van der Waals surface area contributed by atoms with Crippen LogP contribution >= 0.6 is 11.6 Å². The number of alkyl halides is 4. The van der Waals surface area contributed by atoms with E-state index < -0.39 is 23.5 Å². The van der Waals surface area contributed by atoms with E-state index >= 15 is 0 Å². The van der Waals surface area contributed by atoms with Gasteiger partial charge in [-0.25, -0.2) is 0 Å². The number of carbonyl (C=O) groups excluding carboxylic acids is 2. The summed E-state index contributed by atoms with van der Waals surface area (Å²) in [5.41, 5.74) is 2.63. The number of amides is 2. The average Bonchev–Trinajstić information content (AvgIpc) is 1.85. The number of carbonyl (C=O) groups is 2. The zero-order valence-electron chi connectivity index (χ0n) is 5.48. The van der Waals surface area contributed by atoms with Crippen LogP contribution in [0.4, 0.5) is 13.2 Å². The fourth-order valence-corrected chi connectivity index (χ4v) is 0.367. The number of hydrogen-bond acceptors (Lipinski definition) is 2. The topological polar surface area (TPSA) is 72.2 Å². The van der Waals surface area contributed by atoms with Crippen LogP contribution in [0.1, 0.15) is 0 Å². The van der Waals surface area contributed by atoms with Crippen LogP contribution in [0, 0.1) is 0 Å². The van der Waals surface area contributed by atoms with Crippen molar-refractivity contribution in [3.05, 3.63) is 0 Å². The highest BCUT2D eigenvalue weighted by Crippen LogP contribution is 2.14. The molecule has 0 radical (unpaired) electrons. The van der Waals surface area contributed by atoms with Crippen LogP contribution in [0.15, 0.2) is 0 Å². The number of halogens is 4. The van der Waals surface area contributed by atoms with Crippen molar-refractivity contribution < 1.29 is 22.8 Å². The molecule has 2 amide bonds. The minimum absolute atomic E-state index is 1.15.